The van der Waals surface area contributed by atoms with Crippen LogP contribution in [0.15, 0.2) is 86.5 Å². The molecular formula is C28H30N4O2S. The van der Waals surface area contributed by atoms with Crippen LogP contribution >= 0.6 is 11.8 Å². The van der Waals surface area contributed by atoms with E-state index >= 15 is 0 Å². The van der Waals surface area contributed by atoms with Gasteiger partial charge >= 0.3 is 0 Å². The van der Waals surface area contributed by atoms with Gasteiger partial charge < -0.3 is 9.32 Å². The summed E-state index contributed by atoms with van der Waals surface area (Å²) in [7, 11) is 4.00. The minimum Gasteiger partial charge on any atom is -0.467 e. The van der Waals surface area contributed by atoms with Crippen LogP contribution in [0.2, 0.25) is 0 Å². The van der Waals surface area contributed by atoms with Crippen LogP contribution in [0.4, 0.5) is 5.69 Å². The number of hydrogen-bond donors (Lipinski definition) is 0. The highest BCUT2D eigenvalue weighted by Crippen LogP contribution is 2.34. The quantitative estimate of drug-likeness (QED) is 0.238. The summed E-state index contributed by atoms with van der Waals surface area (Å²) in [5.41, 5.74) is 4.36. The van der Waals surface area contributed by atoms with E-state index in [9.17, 15) is 4.79 Å². The third-order valence-electron chi connectivity index (χ3n) is 5.62. The first-order chi connectivity index (χ1) is 16.7. The Labute approximate surface area is 211 Å². The second-order valence-electron chi connectivity index (χ2n) is 9.57. The van der Waals surface area contributed by atoms with Crippen molar-refractivity contribution in [1.29, 1.82) is 0 Å². The van der Waals surface area contributed by atoms with Gasteiger partial charge in [0.05, 0.1) is 23.9 Å². The third-order valence-corrected chi connectivity index (χ3v) is 6.61. The molecule has 0 bridgehead atoms. The molecule has 0 aliphatic carbocycles. The van der Waals surface area contributed by atoms with E-state index < -0.39 is 0 Å². The first kappa shape index (κ1) is 24.5. The van der Waals surface area contributed by atoms with Gasteiger partial charge in [-0.25, -0.2) is 0 Å². The molecule has 1 aromatic heterocycles. The summed E-state index contributed by atoms with van der Waals surface area (Å²) in [4.78, 5) is 17.5. The molecule has 35 heavy (non-hydrogen) atoms. The van der Waals surface area contributed by atoms with Crippen LogP contribution in [0.1, 0.15) is 43.2 Å². The molecular weight excluding hydrogens is 456 g/mol. The molecule has 1 amide bonds. The number of carbonyl (C=O) groups is 1. The normalized spacial score (nSPS) is 16.7. The maximum atomic E-state index is 13.2. The van der Waals surface area contributed by atoms with E-state index in [-0.39, 0.29) is 11.3 Å². The molecule has 0 saturated carbocycles. The number of anilines is 1. The summed E-state index contributed by atoms with van der Waals surface area (Å²) in [6.45, 7) is 6.85. The van der Waals surface area contributed by atoms with Gasteiger partial charge in [0.2, 0.25) is 0 Å². The molecule has 0 radical (unpaired) electrons. The highest BCUT2D eigenvalue weighted by Gasteiger charge is 2.34. The number of benzene rings is 2. The zero-order valence-corrected chi connectivity index (χ0v) is 21.5. The van der Waals surface area contributed by atoms with Gasteiger partial charge in [0.15, 0.2) is 5.17 Å². The second kappa shape index (κ2) is 10.4. The number of amidine groups is 1. The van der Waals surface area contributed by atoms with Crippen LogP contribution in [0, 0.1) is 0 Å². The summed E-state index contributed by atoms with van der Waals surface area (Å²) in [5, 5.41) is 9.20. The standard InChI is InChI=1S/C28H30N4O2S/c1-28(2,3)22-12-8-21(9-13-22)18-29-30-27-32(19-24-7-6-16-34-24)26(33)25(35-27)17-20-10-14-23(15-11-20)31(4)5/h6-18H,19H2,1-5H3/b25-17-,29-18-,30-27+. The molecule has 1 aliphatic heterocycles. The lowest BCUT2D eigenvalue weighted by molar-refractivity contribution is -0.122. The van der Waals surface area contributed by atoms with Gasteiger partial charge in [0.1, 0.15) is 5.76 Å². The van der Waals surface area contributed by atoms with E-state index in [1.807, 2.05) is 73.6 Å². The number of nitrogens with zero attached hydrogens (tertiary/aromatic N) is 4. The smallest absolute Gasteiger partial charge is 0.267 e. The number of carbonyl (C=O) groups excluding carboxylic acids is 1. The number of furan rings is 1. The van der Waals surface area contributed by atoms with Crippen LogP contribution in [0.3, 0.4) is 0 Å². The SMILES string of the molecule is CN(C)c1ccc(/C=C2\S/C(=N/N=C\c3ccc(C(C)(C)C)cc3)N(Cc3ccco3)C2=O)cc1. The number of thioether (sulfide) groups is 1. The fourth-order valence-electron chi connectivity index (χ4n) is 3.51. The van der Waals surface area contributed by atoms with Crippen LogP contribution in [0.25, 0.3) is 6.08 Å². The van der Waals surface area contributed by atoms with Gasteiger partial charge in [0.25, 0.3) is 5.91 Å². The summed E-state index contributed by atoms with van der Waals surface area (Å²) in [6, 6.07) is 20.0. The van der Waals surface area contributed by atoms with Crippen molar-refractivity contribution in [1.82, 2.24) is 4.90 Å². The highest BCUT2D eigenvalue weighted by molar-refractivity contribution is 8.18. The van der Waals surface area contributed by atoms with Gasteiger partial charge in [-0.3, -0.25) is 9.69 Å². The van der Waals surface area contributed by atoms with Gasteiger partial charge in [0, 0.05) is 19.8 Å². The molecule has 4 rings (SSSR count). The molecule has 180 valence electrons. The van der Waals surface area contributed by atoms with E-state index in [1.165, 1.54) is 17.3 Å². The van der Waals surface area contributed by atoms with Crippen molar-refractivity contribution < 1.29 is 9.21 Å². The highest BCUT2D eigenvalue weighted by atomic mass is 32.2. The molecule has 2 aromatic carbocycles. The van der Waals surface area contributed by atoms with E-state index in [0.717, 1.165) is 16.8 Å². The molecule has 7 heteroatoms. The number of amides is 1. The zero-order chi connectivity index (χ0) is 25.0. The molecule has 6 nitrogen and oxygen atoms in total. The maximum Gasteiger partial charge on any atom is 0.267 e. The van der Waals surface area contributed by atoms with Gasteiger partial charge in [-0.1, -0.05) is 57.2 Å². The van der Waals surface area contributed by atoms with Crippen LogP contribution < -0.4 is 4.90 Å². The third kappa shape index (κ3) is 6.11. The lowest BCUT2D eigenvalue weighted by Gasteiger charge is -2.18. The summed E-state index contributed by atoms with van der Waals surface area (Å²) in [6.07, 6.45) is 5.19. The van der Waals surface area contributed by atoms with Crippen molar-refractivity contribution in [3.63, 3.8) is 0 Å². The Kier molecular flexibility index (Phi) is 7.26. The molecule has 1 aliphatic rings. The average Bonchev–Trinajstić information content (AvgIpc) is 3.43. The predicted molar refractivity (Wildman–Crippen MR) is 146 cm³/mol. The van der Waals surface area contributed by atoms with Crippen LogP contribution in [0.5, 0.6) is 0 Å². The molecule has 0 spiro atoms. The second-order valence-corrected chi connectivity index (χ2v) is 10.6. The van der Waals surface area contributed by atoms with Crippen molar-refractivity contribution >= 4 is 40.8 Å². The molecule has 1 fully saturated rings. The minimum absolute atomic E-state index is 0.0959. The van der Waals surface area contributed by atoms with Gasteiger partial charge in [-0.15, -0.1) is 5.10 Å². The van der Waals surface area contributed by atoms with Crippen molar-refractivity contribution in [3.8, 4) is 0 Å². The van der Waals surface area contributed by atoms with Gasteiger partial charge in [-0.05, 0) is 64.2 Å². The van der Waals surface area contributed by atoms with Crippen LogP contribution in [-0.4, -0.2) is 36.3 Å². The number of rotatable bonds is 6. The van der Waals surface area contributed by atoms with E-state index in [0.29, 0.717) is 22.4 Å². The first-order valence-corrected chi connectivity index (χ1v) is 12.2. The lowest BCUT2D eigenvalue weighted by Crippen LogP contribution is -2.28. The summed E-state index contributed by atoms with van der Waals surface area (Å²) in [5.74, 6) is 0.566. The Balaban J connectivity index is 1.57. The van der Waals surface area contributed by atoms with Crippen molar-refractivity contribution in [2.24, 2.45) is 10.2 Å². The van der Waals surface area contributed by atoms with E-state index in [4.69, 9.17) is 4.42 Å². The molecule has 0 atom stereocenters. The summed E-state index contributed by atoms with van der Waals surface area (Å²) < 4.78 is 5.47. The Bertz CT molecular complexity index is 1250. The fourth-order valence-corrected chi connectivity index (χ4v) is 4.45. The van der Waals surface area contributed by atoms with Gasteiger partial charge in [-0.2, -0.15) is 5.10 Å². The van der Waals surface area contributed by atoms with Crippen molar-refractivity contribution in [2.45, 2.75) is 32.7 Å². The van der Waals surface area contributed by atoms with E-state index in [2.05, 4.69) is 43.1 Å². The average molecular weight is 487 g/mol. The number of hydrogen-bond acceptors (Lipinski definition) is 6. The summed E-state index contributed by atoms with van der Waals surface area (Å²) >= 11 is 1.32. The lowest BCUT2D eigenvalue weighted by atomic mass is 9.87. The van der Waals surface area contributed by atoms with E-state index in [1.54, 1.807) is 17.4 Å². The molecule has 3 aromatic rings. The molecule has 2 heterocycles. The minimum atomic E-state index is -0.119. The Morgan fingerprint density at radius 1 is 1.00 bits per heavy atom. The Morgan fingerprint density at radius 3 is 2.29 bits per heavy atom. The Morgan fingerprint density at radius 2 is 1.69 bits per heavy atom. The zero-order valence-electron chi connectivity index (χ0n) is 20.7. The molecule has 1 saturated heterocycles. The first-order valence-electron chi connectivity index (χ1n) is 11.4. The monoisotopic (exact) mass is 486 g/mol. The Hall–Kier alpha value is -3.58. The van der Waals surface area contributed by atoms with Crippen molar-refractivity contribution in [2.75, 3.05) is 19.0 Å². The van der Waals surface area contributed by atoms with Crippen molar-refractivity contribution in [3.05, 3.63) is 94.3 Å². The maximum absolute atomic E-state index is 13.2. The molecule has 0 N–H and O–H groups in total. The fraction of sp³-hybridized carbons (Fsp3) is 0.250. The molecule has 0 unspecified atom stereocenters. The topological polar surface area (TPSA) is 61.4 Å². The van der Waals surface area contributed by atoms with Crippen LogP contribution in [-0.2, 0) is 16.8 Å². The largest absolute Gasteiger partial charge is 0.467 e. The predicted octanol–water partition coefficient (Wildman–Crippen LogP) is 6.15.